The Hall–Kier alpha value is -4.50. The van der Waals surface area contributed by atoms with Crippen LogP contribution in [0.15, 0.2) is 98.8 Å². The van der Waals surface area contributed by atoms with Crippen molar-refractivity contribution in [3.63, 3.8) is 0 Å². The molecule has 0 saturated carbocycles. The molecule has 5 rings (SSSR count). The first-order chi connectivity index (χ1) is 16.1. The number of benzene rings is 3. The Morgan fingerprint density at radius 1 is 1.03 bits per heavy atom. The molecule has 162 valence electrons. The number of phenolic OH excluding ortho intramolecular Hbond substituents is 1. The second kappa shape index (κ2) is 8.56. The van der Waals surface area contributed by atoms with E-state index in [-0.39, 0.29) is 17.1 Å². The molecule has 0 atom stereocenters. The Morgan fingerprint density at radius 3 is 2.58 bits per heavy atom. The highest BCUT2D eigenvalue weighted by Crippen LogP contribution is 2.29. The third-order valence-corrected chi connectivity index (χ3v) is 5.69. The van der Waals surface area contributed by atoms with E-state index in [4.69, 9.17) is 4.42 Å². The Kier molecular flexibility index (Phi) is 5.29. The van der Waals surface area contributed by atoms with E-state index in [9.17, 15) is 15.2 Å². The van der Waals surface area contributed by atoms with Crippen molar-refractivity contribution in [3.05, 3.63) is 105 Å². The smallest absolute Gasteiger partial charge is 0.294 e. The number of hydrogen-bond acceptors (Lipinski definition) is 7. The molecule has 0 radical (unpaired) electrons. The number of thiazole rings is 1. The zero-order valence-corrected chi connectivity index (χ0v) is 17.8. The summed E-state index contributed by atoms with van der Waals surface area (Å²) in [5.41, 5.74) is 2.30. The van der Waals surface area contributed by atoms with E-state index in [1.165, 1.54) is 17.4 Å². The summed E-state index contributed by atoms with van der Waals surface area (Å²) in [5.74, 6) is 0.754. The number of furan rings is 1. The van der Waals surface area contributed by atoms with E-state index in [0.717, 1.165) is 16.5 Å². The predicted octanol–water partition coefficient (Wildman–Crippen LogP) is 5.69. The molecule has 2 heterocycles. The third kappa shape index (κ3) is 4.17. The lowest BCUT2D eigenvalue weighted by atomic mass is 10.2. The van der Waals surface area contributed by atoms with Gasteiger partial charge >= 0.3 is 0 Å². The fourth-order valence-corrected chi connectivity index (χ4v) is 4.10. The van der Waals surface area contributed by atoms with Gasteiger partial charge in [-0.25, -0.2) is 9.67 Å². The van der Waals surface area contributed by atoms with Gasteiger partial charge in [0.15, 0.2) is 5.76 Å². The van der Waals surface area contributed by atoms with E-state index in [2.05, 4.69) is 10.1 Å². The SMILES string of the molecule is O=[N+]([O-])c1ccccc1N=c1scc(-c2cc3ccccc3o2)n1N=Cc1ccc(O)cc1. The summed E-state index contributed by atoms with van der Waals surface area (Å²) < 4.78 is 7.61. The number of hydrogen-bond donors (Lipinski definition) is 1. The van der Waals surface area contributed by atoms with Crippen molar-refractivity contribution >= 4 is 39.9 Å². The Labute approximate surface area is 191 Å². The molecule has 33 heavy (non-hydrogen) atoms. The van der Waals surface area contributed by atoms with Crippen molar-refractivity contribution in [1.82, 2.24) is 4.68 Å². The van der Waals surface area contributed by atoms with Gasteiger partial charge in [0.25, 0.3) is 5.69 Å². The lowest BCUT2D eigenvalue weighted by Gasteiger charge is -2.01. The summed E-state index contributed by atoms with van der Waals surface area (Å²) in [6.07, 6.45) is 1.62. The highest BCUT2D eigenvalue weighted by Gasteiger charge is 2.15. The van der Waals surface area contributed by atoms with E-state index in [0.29, 0.717) is 16.3 Å². The summed E-state index contributed by atoms with van der Waals surface area (Å²) in [4.78, 5) is 15.9. The van der Waals surface area contributed by atoms with Gasteiger partial charge in [-0.2, -0.15) is 5.10 Å². The van der Waals surface area contributed by atoms with Crippen LogP contribution in [-0.4, -0.2) is 20.9 Å². The zero-order chi connectivity index (χ0) is 22.8. The lowest BCUT2D eigenvalue weighted by Crippen LogP contribution is -2.11. The van der Waals surface area contributed by atoms with Crippen LogP contribution in [0.1, 0.15) is 5.56 Å². The molecule has 0 aliphatic rings. The van der Waals surface area contributed by atoms with Gasteiger partial charge < -0.3 is 9.52 Å². The fourth-order valence-electron chi connectivity index (χ4n) is 3.27. The highest BCUT2D eigenvalue weighted by atomic mass is 32.1. The van der Waals surface area contributed by atoms with Crippen LogP contribution >= 0.6 is 11.3 Å². The number of nitro groups is 1. The molecule has 5 aromatic rings. The molecule has 0 spiro atoms. The number of nitrogens with zero attached hydrogens (tertiary/aromatic N) is 4. The average Bonchev–Trinajstić information content (AvgIpc) is 3.42. The van der Waals surface area contributed by atoms with E-state index < -0.39 is 4.92 Å². The number of nitro benzene ring substituents is 1. The molecule has 0 amide bonds. The van der Waals surface area contributed by atoms with Crippen molar-refractivity contribution in [2.24, 2.45) is 10.1 Å². The van der Waals surface area contributed by atoms with Gasteiger partial charge in [0.1, 0.15) is 22.7 Å². The second-order valence-electron chi connectivity index (χ2n) is 7.06. The van der Waals surface area contributed by atoms with Gasteiger partial charge in [-0.05, 0) is 48.0 Å². The van der Waals surface area contributed by atoms with Crippen molar-refractivity contribution in [1.29, 1.82) is 0 Å². The Bertz CT molecular complexity index is 1530. The summed E-state index contributed by atoms with van der Waals surface area (Å²) in [5, 5.41) is 28.3. The minimum Gasteiger partial charge on any atom is -0.508 e. The Morgan fingerprint density at radius 2 is 1.79 bits per heavy atom. The number of phenols is 1. The number of aromatic hydroxyl groups is 1. The van der Waals surface area contributed by atoms with Gasteiger partial charge in [-0.15, -0.1) is 11.3 Å². The molecular formula is C24H16N4O4S. The molecule has 1 N–H and O–H groups in total. The van der Waals surface area contributed by atoms with Crippen LogP contribution in [0.3, 0.4) is 0 Å². The van der Waals surface area contributed by atoms with Crippen molar-refractivity contribution in [2.45, 2.75) is 0 Å². The fraction of sp³-hybridized carbons (Fsp3) is 0. The maximum atomic E-state index is 11.4. The Balaban J connectivity index is 1.68. The summed E-state index contributed by atoms with van der Waals surface area (Å²) >= 11 is 1.29. The number of rotatable bonds is 5. The monoisotopic (exact) mass is 456 g/mol. The zero-order valence-electron chi connectivity index (χ0n) is 17.0. The van der Waals surface area contributed by atoms with Crippen LogP contribution in [0.4, 0.5) is 11.4 Å². The molecule has 0 aliphatic heterocycles. The van der Waals surface area contributed by atoms with Gasteiger partial charge in [-0.1, -0.05) is 30.3 Å². The standard InChI is InChI=1S/C24H16N4O4S/c29-18-11-9-16(10-12-18)14-25-27-21(23-13-17-5-1-4-8-22(17)32-23)15-33-24(27)26-19-6-2-3-7-20(19)28(30)31/h1-15,29H. The van der Waals surface area contributed by atoms with Crippen LogP contribution in [0.2, 0.25) is 0 Å². The van der Waals surface area contributed by atoms with Gasteiger partial charge in [0.05, 0.1) is 11.1 Å². The second-order valence-corrected chi connectivity index (χ2v) is 7.89. The first-order valence-electron chi connectivity index (χ1n) is 9.89. The van der Waals surface area contributed by atoms with E-state index in [1.807, 2.05) is 35.7 Å². The molecular weight excluding hydrogens is 440 g/mol. The topological polar surface area (TPSA) is 106 Å². The number of aromatic nitrogens is 1. The van der Waals surface area contributed by atoms with Crippen LogP contribution < -0.4 is 4.80 Å². The molecule has 3 aromatic carbocycles. The molecule has 9 heteroatoms. The van der Waals surface area contributed by atoms with Crippen molar-refractivity contribution in [2.75, 3.05) is 0 Å². The van der Waals surface area contributed by atoms with Crippen LogP contribution in [0.25, 0.3) is 22.4 Å². The maximum absolute atomic E-state index is 11.4. The maximum Gasteiger partial charge on any atom is 0.294 e. The normalized spacial score (nSPS) is 12.1. The first kappa shape index (κ1) is 20.4. The van der Waals surface area contributed by atoms with E-state index in [1.54, 1.807) is 53.4 Å². The number of para-hydroxylation sites is 3. The molecule has 0 unspecified atom stereocenters. The predicted molar refractivity (Wildman–Crippen MR) is 127 cm³/mol. The highest BCUT2D eigenvalue weighted by molar-refractivity contribution is 7.07. The minimum absolute atomic E-state index is 0.0924. The van der Waals surface area contributed by atoms with Gasteiger partial charge in [0, 0.05) is 16.8 Å². The minimum atomic E-state index is -0.462. The van der Waals surface area contributed by atoms with E-state index >= 15 is 0 Å². The lowest BCUT2D eigenvalue weighted by molar-refractivity contribution is -0.384. The van der Waals surface area contributed by atoms with Gasteiger partial charge in [-0.3, -0.25) is 10.1 Å². The third-order valence-electron chi connectivity index (χ3n) is 4.87. The summed E-state index contributed by atoms with van der Waals surface area (Å²) in [6.45, 7) is 0. The molecule has 8 nitrogen and oxygen atoms in total. The van der Waals surface area contributed by atoms with Gasteiger partial charge in [0.2, 0.25) is 4.80 Å². The molecule has 2 aromatic heterocycles. The van der Waals surface area contributed by atoms with Crippen molar-refractivity contribution < 1.29 is 14.4 Å². The molecule has 0 bridgehead atoms. The molecule has 0 fully saturated rings. The average molecular weight is 456 g/mol. The van der Waals surface area contributed by atoms with Crippen LogP contribution in [0.5, 0.6) is 5.75 Å². The van der Waals surface area contributed by atoms with Crippen molar-refractivity contribution in [3.8, 4) is 17.2 Å². The van der Waals surface area contributed by atoms with Crippen LogP contribution in [0, 0.1) is 10.1 Å². The molecule has 0 aliphatic carbocycles. The largest absolute Gasteiger partial charge is 0.508 e. The first-order valence-corrected chi connectivity index (χ1v) is 10.8. The summed E-state index contributed by atoms with van der Waals surface area (Å²) in [6, 6.07) is 22.5. The van der Waals surface area contributed by atoms with Crippen LogP contribution in [-0.2, 0) is 0 Å². The summed E-state index contributed by atoms with van der Waals surface area (Å²) in [7, 11) is 0. The number of fused-ring (bicyclic) bond motifs is 1. The molecule has 0 saturated heterocycles. The quantitative estimate of drug-likeness (QED) is 0.208.